The summed E-state index contributed by atoms with van der Waals surface area (Å²) in [5, 5.41) is 1.67. The standard InChI is InChI=1S/C10H12BrClO/c1-13-7-8(6-11)9-4-2-3-5-10(9)12/h2-5,8H,6-7H2,1H3. The van der Waals surface area contributed by atoms with E-state index in [0.717, 1.165) is 15.9 Å². The summed E-state index contributed by atoms with van der Waals surface area (Å²) < 4.78 is 5.12. The summed E-state index contributed by atoms with van der Waals surface area (Å²) in [7, 11) is 1.70. The smallest absolute Gasteiger partial charge is 0.0539 e. The van der Waals surface area contributed by atoms with Crippen LogP contribution in [-0.2, 0) is 4.74 Å². The second kappa shape index (κ2) is 5.63. The molecule has 0 heterocycles. The molecule has 0 aliphatic carbocycles. The maximum Gasteiger partial charge on any atom is 0.0539 e. The Morgan fingerprint density at radius 1 is 1.46 bits per heavy atom. The Kier molecular flexibility index (Phi) is 4.78. The van der Waals surface area contributed by atoms with Gasteiger partial charge in [0.1, 0.15) is 0 Å². The fourth-order valence-electron chi connectivity index (χ4n) is 1.22. The van der Waals surface area contributed by atoms with Gasteiger partial charge in [0.2, 0.25) is 0 Å². The molecule has 0 aliphatic heterocycles. The molecule has 0 amide bonds. The van der Waals surface area contributed by atoms with Crippen LogP contribution in [0.15, 0.2) is 24.3 Å². The van der Waals surface area contributed by atoms with Gasteiger partial charge in [0.25, 0.3) is 0 Å². The van der Waals surface area contributed by atoms with E-state index in [9.17, 15) is 0 Å². The maximum atomic E-state index is 6.06. The molecule has 1 aromatic rings. The Hall–Kier alpha value is -0.0500. The highest BCUT2D eigenvalue weighted by Crippen LogP contribution is 2.25. The van der Waals surface area contributed by atoms with E-state index in [2.05, 4.69) is 15.9 Å². The Labute approximate surface area is 92.2 Å². The predicted molar refractivity (Wildman–Crippen MR) is 59.9 cm³/mol. The lowest BCUT2D eigenvalue weighted by molar-refractivity contribution is 0.186. The minimum Gasteiger partial charge on any atom is -0.384 e. The molecule has 13 heavy (non-hydrogen) atoms. The highest BCUT2D eigenvalue weighted by atomic mass is 79.9. The lowest BCUT2D eigenvalue weighted by Crippen LogP contribution is -2.08. The zero-order valence-electron chi connectivity index (χ0n) is 7.47. The van der Waals surface area contributed by atoms with Crippen LogP contribution >= 0.6 is 27.5 Å². The van der Waals surface area contributed by atoms with Crippen molar-refractivity contribution in [2.24, 2.45) is 0 Å². The molecule has 0 fully saturated rings. The normalized spacial score (nSPS) is 12.8. The van der Waals surface area contributed by atoms with Crippen molar-refractivity contribution in [2.75, 3.05) is 19.0 Å². The molecule has 0 radical (unpaired) electrons. The van der Waals surface area contributed by atoms with Crippen LogP contribution in [0, 0.1) is 0 Å². The van der Waals surface area contributed by atoms with Gasteiger partial charge in [0.05, 0.1) is 6.61 Å². The van der Waals surface area contributed by atoms with Crippen molar-refractivity contribution in [1.82, 2.24) is 0 Å². The fraction of sp³-hybridized carbons (Fsp3) is 0.400. The number of ether oxygens (including phenoxy) is 1. The summed E-state index contributed by atoms with van der Waals surface area (Å²) in [5.41, 5.74) is 1.14. The molecule has 0 aliphatic rings. The minimum absolute atomic E-state index is 0.332. The third kappa shape index (κ3) is 2.97. The lowest BCUT2D eigenvalue weighted by Gasteiger charge is -2.14. The maximum absolute atomic E-state index is 6.06. The number of hydrogen-bond acceptors (Lipinski definition) is 1. The molecule has 0 bridgehead atoms. The van der Waals surface area contributed by atoms with Crippen molar-refractivity contribution in [3.63, 3.8) is 0 Å². The van der Waals surface area contributed by atoms with Crippen LogP contribution < -0.4 is 0 Å². The van der Waals surface area contributed by atoms with Gasteiger partial charge in [-0.05, 0) is 11.6 Å². The van der Waals surface area contributed by atoms with E-state index in [1.807, 2.05) is 24.3 Å². The van der Waals surface area contributed by atoms with Gasteiger partial charge < -0.3 is 4.74 Å². The Bertz CT molecular complexity index is 265. The van der Waals surface area contributed by atoms with Crippen molar-refractivity contribution in [3.8, 4) is 0 Å². The zero-order chi connectivity index (χ0) is 9.68. The fourth-order valence-corrected chi connectivity index (χ4v) is 2.05. The predicted octanol–water partition coefficient (Wildman–Crippen LogP) is 3.46. The average Bonchev–Trinajstić information content (AvgIpc) is 2.16. The lowest BCUT2D eigenvalue weighted by atomic mass is 10.0. The Balaban J connectivity index is 2.84. The molecule has 0 saturated heterocycles. The van der Waals surface area contributed by atoms with Crippen LogP contribution in [0.5, 0.6) is 0 Å². The number of methoxy groups -OCH3 is 1. The van der Waals surface area contributed by atoms with Crippen LogP contribution in [0.2, 0.25) is 5.02 Å². The van der Waals surface area contributed by atoms with Crippen LogP contribution in [0.1, 0.15) is 11.5 Å². The summed E-state index contributed by atoms with van der Waals surface area (Å²) in [4.78, 5) is 0. The van der Waals surface area contributed by atoms with Gasteiger partial charge >= 0.3 is 0 Å². The van der Waals surface area contributed by atoms with Gasteiger partial charge in [-0.2, -0.15) is 0 Å². The molecule has 0 aromatic heterocycles. The topological polar surface area (TPSA) is 9.23 Å². The van der Waals surface area contributed by atoms with Gasteiger partial charge in [0.15, 0.2) is 0 Å². The zero-order valence-corrected chi connectivity index (χ0v) is 9.81. The number of alkyl halides is 1. The molecule has 0 N–H and O–H groups in total. The molecular weight excluding hydrogens is 251 g/mol. The van der Waals surface area contributed by atoms with Gasteiger partial charge in [-0.1, -0.05) is 45.7 Å². The summed E-state index contributed by atoms with van der Waals surface area (Å²) >= 11 is 9.51. The molecule has 72 valence electrons. The van der Waals surface area contributed by atoms with Crippen molar-refractivity contribution in [3.05, 3.63) is 34.9 Å². The number of hydrogen-bond donors (Lipinski definition) is 0. The Morgan fingerprint density at radius 2 is 2.15 bits per heavy atom. The summed E-state index contributed by atoms with van der Waals surface area (Å²) in [6.45, 7) is 0.689. The second-order valence-electron chi connectivity index (χ2n) is 2.83. The van der Waals surface area contributed by atoms with Crippen LogP contribution in [-0.4, -0.2) is 19.0 Å². The first-order valence-corrected chi connectivity index (χ1v) is 5.59. The van der Waals surface area contributed by atoms with Crippen molar-refractivity contribution >= 4 is 27.5 Å². The van der Waals surface area contributed by atoms with Gasteiger partial charge in [0, 0.05) is 23.4 Å². The molecule has 1 nitrogen and oxygen atoms in total. The molecule has 0 spiro atoms. The first kappa shape index (κ1) is 11.0. The highest BCUT2D eigenvalue weighted by molar-refractivity contribution is 9.09. The van der Waals surface area contributed by atoms with Crippen molar-refractivity contribution < 1.29 is 4.74 Å². The minimum atomic E-state index is 0.332. The van der Waals surface area contributed by atoms with Crippen LogP contribution in [0.25, 0.3) is 0 Å². The summed E-state index contributed by atoms with van der Waals surface area (Å²) in [6, 6.07) is 7.87. The van der Waals surface area contributed by atoms with Crippen LogP contribution in [0.3, 0.4) is 0 Å². The first-order valence-electron chi connectivity index (χ1n) is 4.09. The van der Waals surface area contributed by atoms with Crippen molar-refractivity contribution in [1.29, 1.82) is 0 Å². The molecule has 1 unspecified atom stereocenters. The van der Waals surface area contributed by atoms with E-state index in [1.165, 1.54) is 0 Å². The monoisotopic (exact) mass is 262 g/mol. The summed E-state index contributed by atoms with van der Waals surface area (Å²) in [6.07, 6.45) is 0. The van der Waals surface area contributed by atoms with E-state index in [4.69, 9.17) is 16.3 Å². The summed E-state index contributed by atoms with van der Waals surface area (Å²) in [5.74, 6) is 0.332. The first-order chi connectivity index (χ1) is 6.29. The molecule has 0 saturated carbocycles. The molecule has 3 heteroatoms. The average molecular weight is 264 g/mol. The van der Waals surface area contributed by atoms with Crippen molar-refractivity contribution in [2.45, 2.75) is 5.92 Å². The van der Waals surface area contributed by atoms with Gasteiger partial charge in [-0.3, -0.25) is 0 Å². The third-order valence-electron chi connectivity index (χ3n) is 1.90. The van der Waals surface area contributed by atoms with E-state index < -0.39 is 0 Å². The van der Waals surface area contributed by atoms with E-state index in [-0.39, 0.29) is 0 Å². The molecule has 1 atom stereocenters. The van der Waals surface area contributed by atoms with Gasteiger partial charge in [-0.25, -0.2) is 0 Å². The van der Waals surface area contributed by atoms with E-state index in [0.29, 0.717) is 12.5 Å². The number of halogens is 2. The molecular formula is C10H12BrClO. The van der Waals surface area contributed by atoms with Crippen LogP contribution in [0.4, 0.5) is 0 Å². The number of rotatable bonds is 4. The van der Waals surface area contributed by atoms with E-state index in [1.54, 1.807) is 7.11 Å². The molecule has 1 aromatic carbocycles. The molecule has 1 rings (SSSR count). The second-order valence-corrected chi connectivity index (χ2v) is 3.88. The Morgan fingerprint density at radius 3 is 2.69 bits per heavy atom. The highest BCUT2D eigenvalue weighted by Gasteiger charge is 2.12. The largest absolute Gasteiger partial charge is 0.384 e. The quantitative estimate of drug-likeness (QED) is 0.756. The van der Waals surface area contributed by atoms with Gasteiger partial charge in [-0.15, -0.1) is 0 Å². The SMILES string of the molecule is COCC(CBr)c1ccccc1Cl. The third-order valence-corrected chi connectivity index (χ3v) is 3.02. The number of benzene rings is 1. The van der Waals surface area contributed by atoms with E-state index >= 15 is 0 Å².